The van der Waals surface area contributed by atoms with E-state index in [2.05, 4.69) is 31.3 Å². The second-order valence-corrected chi connectivity index (χ2v) is 4.41. The van der Waals surface area contributed by atoms with Crippen LogP contribution in [0.1, 0.15) is 38.3 Å². The first kappa shape index (κ1) is 15.0. The molecule has 0 aromatic heterocycles. The fraction of sp³-hybridized carbons (Fsp3) is 0.600. The van der Waals surface area contributed by atoms with Gasteiger partial charge in [0.2, 0.25) is 0 Å². The third-order valence-electron chi connectivity index (χ3n) is 2.90. The molecule has 1 atom stereocenters. The lowest BCUT2D eigenvalue weighted by Gasteiger charge is -2.18. The summed E-state index contributed by atoms with van der Waals surface area (Å²) >= 11 is 0. The molecule has 102 valence electrons. The van der Waals surface area contributed by atoms with Crippen molar-refractivity contribution in [3.63, 3.8) is 0 Å². The lowest BCUT2D eigenvalue weighted by atomic mass is 10.1. The van der Waals surface area contributed by atoms with E-state index in [4.69, 9.17) is 9.47 Å². The van der Waals surface area contributed by atoms with Gasteiger partial charge in [-0.05, 0) is 19.4 Å². The fourth-order valence-corrected chi connectivity index (χ4v) is 1.78. The Morgan fingerprint density at radius 2 is 2.00 bits per heavy atom. The first-order chi connectivity index (χ1) is 8.79. The second kappa shape index (κ2) is 8.95. The molecule has 3 nitrogen and oxygen atoms in total. The molecule has 0 fully saturated rings. The summed E-state index contributed by atoms with van der Waals surface area (Å²) < 4.78 is 10.9. The number of hydrogen-bond acceptors (Lipinski definition) is 3. The molecule has 0 aliphatic heterocycles. The van der Waals surface area contributed by atoms with Gasteiger partial charge >= 0.3 is 0 Å². The Hall–Kier alpha value is -1.06. The second-order valence-electron chi connectivity index (χ2n) is 4.41. The topological polar surface area (TPSA) is 30.5 Å². The Bertz CT molecular complexity index is 328. The number of benzene rings is 1. The van der Waals surface area contributed by atoms with Gasteiger partial charge in [-0.15, -0.1) is 0 Å². The molecule has 0 saturated heterocycles. The SMILES string of the molecule is CCCCOc1ccccc1[C@@H](C)NCCOC. The number of methoxy groups -OCH3 is 1. The summed E-state index contributed by atoms with van der Waals surface area (Å²) in [6, 6.07) is 8.51. The number of unbranched alkanes of at least 4 members (excludes halogenated alkanes) is 1. The van der Waals surface area contributed by atoms with Crippen molar-refractivity contribution in [2.75, 3.05) is 26.9 Å². The minimum Gasteiger partial charge on any atom is -0.493 e. The largest absolute Gasteiger partial charge is 0.493 e. The molecule has 1 N–H and O–H groups in total. The van der Waals surface area contributed by atoms with Gasteiger partial charge in [-0.1, -0.05) is 31.5 Å². The van der Waals surface area contributed by atoms with Crippen LogP contribution in [0, 0.1) is 0 Å². The predicted molar refractivity (Wildman–Crippen MR) is 75.1 cm³/mol. The molecule has 0 aliphatic rings. The van der Waals surface area contributed by atoms with Crippen molar-refractivity contribution >= 4 is 0 Å². The van der Waals surface area contributed by atoms with Gasteiger partial charge in [0.15, 0.2) is 0 Å². The molecule has 0 radical (unpaired) electrons. The summed E-state index contributed by atoms with van der Waals surface area (Å²) in [7, 11) is 1.72. The lowest BCUT2D eigenvalue weighted by Crippen LogP contribution is -2.23. The van der Waals surface area contributed by atoms with E-state index in [1.165, 1.54) is 5.56 Å². The van der Waals surface area contributed by atoms with Gasteiger partial charge in [0.25, 0.3) is 0 Å². The van der Waals surface area contributed by atoms with Crippen molar-refractivity contribution in [1.82, 2.24) is 5.32 Å². The zero-order valence-electron chi connectivity index (χ0n) is 11.7. The van der Waals surface area contributed by atoms with Crippen LogP contribution in [-0.4, -0.2) is 26.9 Å². The van der Waals surface area contributed by atoms with Crippen molar-refractivity contribution in [3.8, 4) is 5.75 Å². The molecule has 0 heterocycles. The molecule has 1 aromatic rings. The normalized spacial score (nSPS) is 12.4. The van der Waals surface area contributed by atoms with E-state index in [0.29, 0.717) is 0 Å². The van der Waals surface area contributed by atoms with Gasteiger partial charge in [-0.2, -0.15) is 0 Å². The highest BCUT2D eigenvalue weighted by molar-refractivity contribution is 5.35. The van der Waals surface area contributed by atoms with Crippen LogP contribution in [0.25, 0.3) is 0 Å². The molecule has 1 rings (SSSR count). The Balaban J connectivity index is 2.56. The third-order valence-corrected chi connectivity index (χ3v) is 2.90. The zero-order valence-corrected chi connectivity index (χ0v) is 11.7. The maximum absolute atomic E-state index is 5.83. The van der Waals surface area contributed by atoms with E-state index in [1.807, 2.05) is 12.1 Å². The summed E-state index contributed by atoms with van der Waals surface area (Å²) in [5.74, 6) is 0.989. The van der Waals surface area contributed by atoms with E-state index in [9.17, 15) is 0 Å². The molecule has 0 saturated carbocycles. The van der Waals surface area contributed by atoms with Crippen LogP contribution in [-0.2, 0) is 4.74 Å². The Morgan fingerprint density at radius 1 is 1.22 bits per heavy atom. The number of hydrogen-bond donors (Lipinski definition) is 1. The molecular weight excluding hydrogens is 226 g/mol. The molecule has 0 unspecified atom stereocenters. The van der Waals surface area contributed by atoms with Crippen molar-refractivity contribution in [2.45, 2.75) is 32.7 Å². The van der Waals surface area contributed by atoms with Crippen LogP contribution in [0.15, 0.2) is 24.3 Å². The Morgan fingerprint density at radius 3 is 2.72 bits per heavy atom. The highest BCUT2D eigenvalue weighted by Gasteiger charge is 2.10. The average molecular weight is 251 g/mol. The van der Waals surface area contributed by atoms with Crippen molar-refractivity contribution in [1.29, 1.82) is 0 Å². The molecule has 0 bridgehead atoms. The minimum atomic E-state index is 0.276. The smallest absolute Gasteiger partial charge is 0.124 e. The number of nitrogens with one attached hydrogen (secondary N) is 1. The first-order valence-electron chi connectivity index (χ1n) is 6.73. The van der Waals surface area contributed by atoms with Crippen LogP contribution >= 0.6 is 0 Å². The van der Waals surface area contributed by atoms with Crippen LogP contribution in [0.2, 0.25) is 0 Å². The van der Waals surface area contributed by atoms with Gasteiger partial charge in [0.1, 0.15) is 5.75 Å². The predicted octanol–water partition coefficient (Wildman–Crippen LogP) is 3.16. The summed E-state index contributed by atoms with van der Waals surface area (Å²) in [6.07, 6.45) is 2.25. The highest BCUT2D eigenvalue weighted by Crippen LogP contribution is 2.24. The quantitative estimate of drug-likeness (QED) is 0.684. The molecule has 18 heavy (non-hydrogen) atoms. The zero-order chi connectivity index (χ0) is 13.2. The number of para-hydroxylation sites is 1. The van der Waals surface area contributed by atoms with E-state index in [1.54, 1.807) is 7.11 Å². The van der Waals surface area contributed by atoms with Crippen molar-refractivity contribution in [2.24, 2.45) is 0 Å². The number of ether oxygens (including phenoxy) is 2. The number of rotatable bonds is 9. The molecular formula is C15H25NO2. The Kier molecular flexibility index (Phi) is 7.46. The summed E-state index contributed by atoms with van der Waals surface area (Å²) in [6.45, 7) is 6.68. The van der Waals surface area contributed by atoms with Crippen LogP contribution in [0.4, 0.5) is 0 Å². The molecule has 1 aromatic carbocycles. The maximum atomic E-state index is 5.83. The Labute approximate surface area is 110 Å². The van der Waals surface area contributed by atoms with Gasteiger partial charge < -0.3 is 14.8 Å². The van der Waals surface area contributed by atoms with Crippen LogP contribution in [0.5, 0.6) is 5.75 Å². The monoisotopic (exact) mass is 251 g/mol. The van der Waals surface area contributed by atoms with Crippen molar-refractivity contribution in [3.05, 3.63) is 29.8 Å². The molecule has 0 aliphatic carbocycles. The summed E-state index contributed by atoms with van der Waals surface area (Å²) in [5, 5.41) is 3.43. The van der Waals surface area contributed by atoms with Crippen molar-refractivity contribution < 1.29 is 9.47 Å². The average Bonchev–Trinajstić information content (AvgIpc) is 2.40. The lowest BCUT2D eigenvalue weighted by molar-refractivity contribution is 0.196. The van der Waals surface area contributed by atoms with E-state index >= 15 is 0 Å². The van der Waals surface area contributed by atoms with Gasteiger partial charge in [0, 0.05) is 25.3 Å². The van der Waals surface area contributed by atoms with Gasteiger partial charge in [-0.25, -0.2) is 0 Å². The standard InChI is InChI=1S/C15H25NO2/c1-4-5-11-18-15-9-7-6-8-14(15)13(2)16-10-12-17-3/h6-9,13,16H,4-5,10-12H2,1-3H3/t13-/m1/s1. The fourth-order valence-electron chi connectivity index (χ4n) is 1.78. The maximum Gasteiger partial charge on any atom is 0.124 e. The minimum absolute atomic E-state index is 0.276. The molecule has 0 spiro atoms. The first-order valence-corrected chi connectivity index (χ1v) is 6.73. The van der Waals surface area contributed by atoms with Gasteiger partial charge in [0.05, 0.1) is 13.2 Å². The van der Waals surface area contributed by atoms with Crippen LogP contribution < -0.4 is 10.1 Å². The van der Waals surface area contributed by atoms with E-state index < -0.39 is 0 Å². The third kappa shape index (κ3) is 5.07. The molecule has 0 amide bonds. The summed E-state index contributed by atoms with van der Waals surface area (Å²) in [4.78, 5) is 0. The molecule has 3 heteroatoms. The van der Waals surface area contributed by atoms with Gasteiger partial charge in [-0.3, -0.25) is 0 Å². The summed E-state index contributed by atoms with van der Waals surface area (Å²) in [5.41, 5.74) is 1.21. The highest BCUT2D eigenvalue weighted by atomic mass is 16.5. The van der Waals surface area contributed by atoms with E-state index in [0.717, 1.165) is 38.3 Å². The van der Waals surface area contributed by atoms with E-state index in [-0.39, 0.29) is 6.04 Å². The van der Waals surface area contributed by atoms with Crippen LogP contribution in [0.3, 0.4) is 0 Å².